The number of hydrogen-bond donors (Lipinski definition) is 2. The number of aromatic nitrogens is 1. The van der Waals surface area contributed by atoms with Gasteiger partial charge in [-0.05, 0) is 60.2 Å². The molecule has 4 aromatic rings. The van der Waals surface area contributed by atoms with Crippen LogP contribution in [-0.2, 0) is 4.79 Å². The normalized spacial score (nSPS) is 11.1. The molecule has 0 radical (unpaired) electrons. The lowest BCUT2D eigenvalue weighted by Gasteiger charge is -2.05. The third kappa shape index (κ3) is 5.69. The van der Waals surface area contributed by atoms with Gasteiger partial charge in [-0.15, -0.1) is 11.3 Å². The van der Waals surface area contributed by atoms with Gasteiger partial charge in [0.1, 0.15) is 5.75 Å². The van der Waals surface area contributed by atoms with Crippen LogP contribution in [-0.4, -0.2) is 40.0 Å². The zero-order chi connectivity index (χ0) is 24.1. The predicted molar refractivity (Wildman–Crippen MR) is 134 cm³/mol. The molecule has 1 amide bonds. The highest BCUT2D eigenvalue weighted by Crippen LogP contribution is 2.32. The number of anilines is 1. The van der Waals surface area contributed by atoms with Crippen LogP contribution in [0.2, 0.25) is 0 Å². The van der Waals surface area contributed by atoms with Crippen molar-refractivity contribution in [2.75, 3.05) is 18.2 Å². The van der Waals surface area contributed by atoms with Gasteiger partial charge in [-0.2, -0.15) is 0 Å². The van der Waals surface area contributed by atoms with Crippen molar-refractivity contribution in [1.29, 1.82) is 0 Å². The molecule has 0 aliphatic rings. The summed E-state index contributed by atoms with van der Waals surface area (Å²) in [6.07, 6.45) is 1.49. The maximum Gasteiger partial charge on any atom is 0.311 e. The summed E-state index contributed by atoms with van der Waals surface area (Å²) >= 11 is 2.80. The van der Waals surface area contributed by atoms with E-state index in [-0.39, 0.29) is 17.3 Å². The zero-order valence-corrected chi connectivity index (χ0v) is 19.4. The molecule has 172 valence electrons. The van der Waals surface area contributed by atoms with Crippen LogP contribution in [0.1, 0.15) is 5.56 Å². The van der Waals surface area contributed by atoms with E-state index >= 15 is 0 Å². The fraction of sp³-hybridized carbons (Fsp3) is 0.0870. The van der Waals surface area contributed by atoms with Gasteiger partial charge in [0.25, 0.3) is 0 Å². The minimum Gasteiger partial charge on any atom is -0.502 e. The van der Waals surface area contributed by atoms with E-state index in [9.17, 15) is 20.0 Å². The molecule has 0 unspecified atom stereocenters. The standard InChI is InChI=1S/C23H18N4O5S2/c1-32-17-6-3-15(4-7-17)25-22(29)13-33-23-26-18-8-5-16(11-21(18)34-23)24-12-14-2-9-20(28)19(10-14)27(30)31/h2-12,28H,13H2,1H3,(H,25,29). The number of amides is 1. The summed E-state index contributed by atoms with van der Waals surface area (Å²) < 4.78 is 6.77. The van der Waals surface area contributed by atoms with Crippen LogP contribution < -0.4 is 10.1 Å². The highest BCUT2D eigenvalue weighted by molar-refractivity contribution is 8.01. The molecule has 1 heterocycles. The number of nitrogens with zero attached hydrogens (tertiary/aromatic N) is 3. The number of hydrogen-bond acceptors (Lipinski definition) is 9. The van der Waals surface area contributed by atoms with E-state index in [2.05, 4.69) is 15.3 Å². The Balaban J connectivity index is 1.39. The van der Waals surface area contributed by atoms with E-state index in [1.165, 1.54) is 41.4 Å². The summed E-state index contributed by atoms with van der Waals surface area (Å²) in [4.78, 5) is 31.5. The lowest BCUT2D eigenvalue weighted by Crippen LogP contribution is -2.13. The molecule has 0 aliphatic heterocycles. The van der Waals surface area contributed by atoms with Gasteiger partial charge in [-0.1, -0.05) is 11.8 Å². The Morgan fingerprint density at radius 3 is 2.76 bits per heavy atom. The van der Waals surface area contributed by atoms with E-state index < -0.39 is 10.7 Å². The van der Waals surface area contributed by atoms with Crippen LogP contribution in [0.4, 0.5) is 17.1 Å². The summed E-state index contributed by atoms with van der Waals surface area (Å²) in [5.74, 6) is 0.407. The van der Waals surface area contributed by atoms with Crippen LogP contribution in [0.25, 0.3) is 10.2 Å². The molecule has 9 nitrogen and oxygen atoms in total. The Kier molecular flexibility index (Phi) is 7.04. The van der Waals surface area contributed by atoms with Crippen LogP contribution >= 0.6 is 23.1 Å². The summed E-state index contributed by atoms with van der Waals surface area (Å²) in [6.45, 7) is 0. The molecule has 4 rings (SSSR count). The number of methoxy groups -OCH3 is 1. The fourth-order valence-corrected chi connectivity index (χ4v) is 4.85. The molecular weight excluding hydrogens is 476 g/mol. The number of ether oxygens (including phenoxy) is 1. The minimum atomic E-state index is -0.646. The molecular formula is C23H18N4O5S2. The number of carbonyl (C=O) groups excluding carboxylic acids is 1. The Morgan fingerprint density at radius 2 is 2.03 bits per heavy atom. The van der Waals surface area contributed by atoms with Crippen LogP contribution in [0, 0.1) is 10.1 Å². The third-order valence-electron chi connectivity index (χ3n) is 4.61. The van der Waals surface area contributed by atoms with Crippen molar-refractivity contribution >= 4 is 62.5 Å². The third-order valence-corrected chi connectivity index (χ3v) is 6.77. The number of aromatic hydroxyl groups is 1. The number of phenolic OH excluding ortho intramolecular Hbond substituents is 1. The topological polar surface area (TPSA) is 127 Å². The first-order valence-electron chi connectivity index (χ1n) is 9.90. The number of benzene rings is 3. The first kappa shape index (κ1) is 23.2. The molecule has 0 atom stereocenters. The number of nitro groups is 1. The largest absolute Gasteiger partial charge is 0.502 e. The average Bonchev–Trinajstić information content (AvgIpc) is 3.25. The number of thiazole rings is 1. The van der Waals surface area contributed by atoms with E-state index in [4.69, 9.17) is 4.74 Å². The summed E-state index contributed by atoms with van der Waals surface area (Å²) in [7, 11) is 1.58. The van der Waals surface area contributed by atoms with Crippen molar-refractivity contribution in [3.63, 3.8) is 0 Å². The SMILES string of the molecule is COc1ccc(NC(=O)CSc2nc3ccc(N=Cc4ccc(O)c([N+](=O)[O-])c4)cc3s2)cc1. The van der Waals surface area contributed by atoms with Gasteiger partial charge in [0.15, 0.2) is 10.1 Å². The van der Waals surface area contributed by atoms with Crippen molar-refractivity contribution in [3.8, 4) is 11.5 Å². The van der Waals surface area contributed by atoms with Gasteiger partial charge in [0.2, 0.25) is 5.91 Å². The molecule has 0 aliphatic carbocycles. The highest BCUT2D eigenvalue weighted by Gasteiger charge is 2.13. The molecule has 3 aromatic carbocycles. The number of carbonyl (C=O) groups is 1. The molecule has 0 saturated carbocycles. The average molecular weight is 495 g/mol. The second-order valence-corrected chi connectivity index (χ2v) is 9.21. The van der Waals surface area contributed by atoms with Gasteiger partial charge in [-0.25, -0.2) is 4.98 Å². The molecule has 0 bridgehead atoms. The number of thioether (sulfide) groups is 1. The van der Waals surface area contributed by atoms with Crippen LogP contribution in [0.3, 0.4) is 0 Å². The first-order valence-corrected chi connectivity index (χ1v) is 11.7. The van der Waals surface area contributed by atoms with Crippen LogP contribution in [0.5, 0.6) is 11.5 Å². The van der Waals surface area contributed by atoms with Gasteiger partial charge in [0, 0.05) is 18.0 Å². The maximum atomic E-state index is 12.3. The van der Waals surface area contributed by atoms with Gasteiger partial charge in [0.05, 0.1) is 33.7 Å². The zero-order valence-electron chi connectivity index (χ0n) is 17.8. The van der Waals surface area contributed by atoms with Gasteiger partial charge < -0.3 is 15.2 Å². The van der Waals surface area contributed by atoms with Crippen molar-refractivity contribution < 1.29 is 19.6 Å². The Hall–Kier alpha value is -3.96. The summed E-state index contributed by atoms with van der Waals surface area (Å²) in [5, 5.41) is 23.4. The van der Waals surface area contributed by atoms with Crippen LogP contribution in [0.15, 0.2) is 70.0 Å². The predicted octanol–water partition coefficient (Wildman–Crippen LogP) is 5.40. The lowest BCUT2D eigenvalue weighted by molar-refractivity contribution is -0.385. The van der Waals surface area contributed by atoms with Gasteiger partial charge >= 0.3 is 5.69 Å². The molecule has 0 saturated heterocycles. The first-order chi connectivity index (χ1) is 16.4. The number of aliphatic imine (C=N–C) groups is 1. The van der Waals surface area contributed by atoms with E-state index in [0.29, 0.717) is 16.9 Å². The molecule has 1 aromatic heterocycles. The fourth-order valence-electron chi connectivity index (χ4n) is 2.95. The second-order valence-electron chi connectivity index (χ2n) is 6.96. The summed E-state index contributed by atoms with van der Waals surface area (Å²) in [6, 6.07) is 16.7. The quantitative estimate of drug-likeness (QED) is 0.145. The van der Waals surface area contributed by atoms with Crippen molar-refractivity contribution in [1.82, 2.24) is 4.98 Å². The number of phenols is 1. The van der Waals surface area contributed by atoms with Gasteiger partial charge in [-0.3, -0.25) is 19.9 Å². The molecule has 0 fully saturated rings. The number of nitro benzene ring substituents is 1. The molecule has 11 heteroatoms. The van der Waals surface area contributed by atoms with Crippen molar-refractivity contribution in [3.05, 3.63) is 76.3 Å². The molecule has 0 spiro atoms. The monoisotopic (exact) mass is 494 g/mol. The van der Waals surface area contributed by atoms with Crippen molar-refractivity contribution in [2.24, 2.45) is 4.99 Å². The summed E-state index contributed by atoms with van der Waals surface area (Å²) in [5.41, 5.74) is 2.26. The second kappa shape index (κ2) is 10.3. The molecule has 34 heavy (non-hydrogen) atoms. The number of rotatable bonds is 8. The smallest absolute Gasteiger partial charge is 0.311 e. The maximum absolute atomic E-state index is 12.3. The molecule has 2 N–H and O–H groups in total. The van der Waals surface area contributed by atoms with Crippen molar-refractivity contribution in [2.45, 2.75) is 4.34 Å². The lowest BCUT2D eigenvalue weighted by atomic mass is 10.2. The van der Waals surface area contributed by atoms with E-state index in [1.807, 2.05) is 12.1 Å². The minimum absolute atomic E-state index is 0.136. The Morgan fingerprint density at radius 1 is 1.24 bits per heavy atom. The number of nitrogens with one attached hydrogen (secondary N) is 1. The highest BCUT2D eigenvalue weighted by atomic mass is 32.2. The van der Waals surface area contributed by atoms with E-state index in [1.54, 1.807) is 43.5 Å². The van der Waals surface area contributed by atoms with E-state index in [0.717, 1.165) is 20.3 Å². The number of fused-ring (bicyclic) bond motifs is 1. The Bertz CT molecular complexity index is 1390. The Labute approximate surface area is 202 Å².